The van der Waals surface area contributed by atoms with Crippen LogP contribution in [0, 0.1) is 0 Å². The van der Waals surface area contributed by atoms with Gasteiger partial charge in [-0.25, -0.2) is 13.1 Å². The van der Waals surface area contributed by atoms with E-state index < -0.39 is 10.0 Å². The van der Waals surface area contributed by atoms with Gasteiger partial charge in [0, 0.05) is 6.54 Å². The molecule has 7 heteroatoms. The highest BCUT2D eigenvalue weighted by molar-refractivity contribution is 7.89. The number of sulfonamides is 1. The Morgan fingerprint density at radius 2 is 1.79 bits per heavy atom. The van der Waals surface area contributed by atoms with Gasteiger partial charge in [-0.3, -0.25) is 0 Å². The van der Waals surface area contributed by atoms with E-state index in [1.807, 2.05) is 12.1 Å². The molecule has 2 aromatic rings. The zero-order valence-corrected chi connectivity index (χ0v) is 15.2. The van der Waals surface area contributed by atoms with Gasteiger partial charge >= 0.3 is 0 Å². The second-order valence-electron chi connectivity index (χ2n) is 5.61. The van der Waals surface area contributed by atoms with Crippen LogP contribution in [0.25, 0.3) is 0 Å². The van der Waals surface area contributed by atoms with Crippen LogP contribution in [0.4, 0.5) is 0 Å². The maximum absolute atomic E-state index is 12.2. The van der Waals surface area contributed by atoms with Crippen LogP contribution in [-0.2, 0) is 22.9 Å². The summed E-state index contributed by atoms with van der Waals surface area (Å²) in [5.41, 5.74) is 2.70. The van der Waals surface area contributed by atoms with Gasteiger partial charge in [0.2, 0.25) is 10.0 Å². The van der Waals surface area contributed by atoms with Crippen molar-refractivity contribution in [1.29, 1.82) is 0 Å². The number of ether oxygens (including phenoxy) is 1. The van der Waals surface area contributed by atoms with E-state index in [2.05, 4.69) is 10.8 Å². The summed E-state index contributed by atoms with van der Waals surface area (Å²) in [4.78, 5) is 0.0782. The standard InChI is InChI=1S/C17H17Cl2NO3S/c18-16-7-6-15(11-17(16)19)24(21,22)20-8-9-23-14-5-4-12-2-1-3-13(12)10-14/h4-7,10-11,20H,1-3,8-9H2. The lowest BCUT2D eigenvalue weighted by Gasteiger charge is -2.10. The fraction of sp³-hybridized carbons (Fsp3) is 0.294. The Hall–Kier alpha value is -1.27. The summed E-state index contributed by atoms with van der Waals surface area (Å²) >= 11 is 11.7. The number of hydrogen-bond acceptors (Lipinski definition) is 3. The maximum Gasteiger partial charge on any atom is 0.240 e. The number of rotatable bonds is 6. The first-order valence-electron chi connectivity index (χ1n) is 7.65. The van der Waals surface area contributed by atoms with Gasteiger partial charge in [-0.15, -0.1) is 0 Å². The first-order valence-corrected chi connectivity index (χ1v) is 9.89. The lowest BCUT2D eigenvalue weighted by Crippen LogP contribution is -2.28. The molecule has 128 valence electrons. The zero-order chi connectivity index (χ0) is 17.2. The highest BCUT2D eigenvalue weighted by atomic mass is 35.5. The van der Waals surface area contributed by atoms with Gasteiger partial charge in [0.25, 0.3) is 0 Å². The lowest BCUT2D eigenvalue weighted by atomic mass is 10.1. The van der Waals surface area contributed by atoms with E-state index in [1.54, 1.807) is 0 Å². The molecule has 0 bridgehead atoms. The Labute approximate surface area is 151 Å². The van der Waals surface area contributed by atoms with Crippen LogP contribution in [0.15, 0.2) is 41.3 Å². The predicted molar refractivity (Wildman–Crippen MR) is 95.6 cm³/mol. The third-order valence-electron chi connectivity index (χ3n) is 3.93. The average molecular weight is 386 g/mol. The van der Waals surface area contributed by atoms with E-state index in [0.717, 1.165) is 18.6 Å². The lowest BCUT2D eigenvalue weighted by molar-refractivity contribution is 0.322. The number of halogens is 2. The monoisotopic (exact) mass is 385 g/mol. The van der Waals surface area contributed by atoms with Crippen molar-refractivity contribution in [2.75, 3.05) is 13.2 Å². The molecule has 0 heterocycles. The Bertz CT molecular complexity index is 853. The summed E-state index contributed by atoms with van der Waals surface area (Å²) in [6, 6.07) is 10.2. The highest BCUT2D eigenvalue weighted by Crippen LogP contribution is 2.26. The van der Waals surface area contributed by atoms with Crippen LogP contribution in [0.1, 0.15) is 17.5 Å². The molecule has 0 saturated heterocycles. The second-order valence-corrected chi connectivity index (χ2v) is 8.19. The molecule has 0 aliphatic heterocycles. The summed E-state index contributed by atoms with van der Waals surface area (Å²) in [6.07, 6.45) is 3.39. The van der Waals surface area contributed by atoms with E-state index in [9.17, 15) is 8.42 Å². The minimum absolute atomic E-state index is 0.0782. The minimum Gasteiger partial charge on any atom is -0.492 e. The quantitative estimate of drug-likeness (QED) is 0.768. The maximum atomic E-state index is 12.2. The summed E-state index contributed by atoms with van der Waals surface area (Å²) in [7, 11) is -3.64. The molecule has 2 aromatic carbocycles. The predicted octanol–water partition coefficient (Wildman–Crippen LogP) is 3.84. The fourth-order valence-corrected chi connectivity index (χ4v) is 4.11. The van der Waals surface area contributed by atoms with E-state index in [4.69, 9.17) is 27.9 Å². The SMILES string of the molecule is O=S(=O)(NCCOc1ccc2c(c1)CCC2)c1ccc(Cl)c(Cl)c1. The van der Waals surface area contributed by atoms with Gasteiger partial charge in [-0.05, 0) is 60.7 Å². The van der Waals surface area contributed by atoms with E-state index >= 15 is 0 Å². The number of fused-ring (bicyclic) bond motifs is 1. The summed E-state index contributed by atoms with van der Waals surface area (Å²) < 4.78 is 32.5. The molecule has 24 heavy (non-hydrogen) atoms. The van der Waals surface area contributed by atoms with Crippen molar-refractivity contribution in [1.82, 2.24) is 4.72 Å². The molecule has 0 atom stereocenters. The molecule has 3 rings (SSSR count). The molecular formula is C17H17Cl2NO3S. The Balaban J connectivity index is 1.54. The number of hydrogen-bond donors (Lipinski definition) is 1. The minimum atomic E-state index is -3.64. The largest absolute Gasteiger partial charge is 0.492 e. The third-order valence-corrected chi connectivity index (χ3v) is 6.13. The number of nitrogens with one attached hydrogen (secondary N) is 1. The first-order chi connectivity index (χ1) is 11.5. The summed E-state index contributed by atoms with van der Waals surface area (Å²) in [5, 5.41) is 0.518. The second kappa shape index (κ2) is 7.31. The summed E-state index contributed by atoms with van der Waals surface area (Å²) in [6.45, 7) is 0.416. The topological polar surface area (TPSA) is 55.4 Å². The molecule has 0 unspecified atom stereocenters. The zero-order valence-electron chi connectivity index (χ0n) is 12.9. The van der Waals surface area contributed by atoms with Gasteiger partial charge < -0.3 is 4.74 Å². The van der Waals surface area contributed by atoms with E-state index in [0.29, 0.717) is 5.02 Å². The van der Waals surface area contributed by atoms with Crippen LogP contribution >= 0.6 is 23.2 Å². The normalized spacial score (nSPS) is 13.8. The third kappa shape index (κ3) is 4.03. The van der Waals surface area contributed by atoms with Gasteiger partial charge in [-0.2, -0.15) is 0 Å². The smallest absolute Gasteiger partial charge is 0.240 e. The van der Waals surface area contributed by atoms with Crippen LogP contribution in [0.5, 0.6) is 5.75 Å². The molecule has 0 aromatic heterocycles. The molecule has 0 saturated carbocycles. The van der Waals surface area contributed by atoms with Crippen molar-refractivity contribution < 1.29 is 13.2 Å². The number of aryl methyl sites for hydroxylation is 2. The van der Waals surface area contributed by atoms with Crippen molar-refractivity contribution in [3.8, 4) is 5.75 Å². The van der Waals surface area contributed by atoms with E-state index in [1.165, 1.54) is 35.7 Å². The molecule has 1 aliphatic carbocycles. The first kappa shape index (κ1) is 17.5. The fourth-order valence-electron chi connectivity index (χ4n) is 2.71. The highest BCUT2D eigenvalue weighted by Gasteiger charge is 2.15. The van der Waals surface area contributed by atoms with Gasteiger partial charge in [-0.1, -0.05) is 29.3 Å². The number of benzene rings is 2. The molecule has 0 amide bonds. The molecule has 1 N–H and O–H groups in total. The molecular weight excluding hydrogens is 369 g/mol. The molecule has 0 fully saturated rings. The van der Waals surface area contributed by atoms with Crippen LogP contribution in [0.2, 0.25) is 10.0 Å². The molecule has 0 radical (unpaired) electrons. The molecule has 4 nitrogen and oxygen atoms in total. The van der Waals surface area contributed by atoms with E-state index in [-0.39, 0.29) is 23.1 Å². The van der Waals surface area contributed by atoms with Crippen LogP contribution in [0.3, 0.4) is 0 Å². The summed E-state index contributed by atoms with van der Waals surface area (Å²) in [5.74, 6) is 0.768. The Morgan fingerprint density at radius 1 is 1.00 bits per heavy atom. The van der Waals surface area contributed by atoms with Crippen molar-refractivity contribution in [3.63, 3.8) is 0 Å². The Kier molecular flexibility index (Phi) is 5.35. The van der Waals surface area contributed by atoms with Gasteiger partial charge in [0.05, 0.1) is 14.9 Å². The van der Waals surface area contributed by atoms with Gasteiger partial charge in [0.1, 0.15) is 12.4 Å². The van der Waals surface area contributed by atoms with Crippen molar-refractivity contribution in [2.24, 2.45) is 0 Å². The van der Waals surface area contributed by atoms with Gasteiger partial charge in [0.15, 0.2) is 0 Å². The van der Waals surface area contributed by atoms with Crippen molar-refractivity contribution in [3.05, 3.63) is 57.6 Å². The molecule has 1 aliphatic rings. The van der Waals surface area contributed by atoms with Crippen molar-refractivity contribution >= 4 is 33.2 Å². The van der Waals surface area contributed by atoms with Crippen molar-refractivity contribution in [2.45, 2.75) is 24.2 Å². The van der Waals surface area contributed by atoms with Crippen LogP contribution in [-0.4, -0.2) is 21.6 Å². The molecule has 0 spiro atoms. The Morgan fingerprint density at radius 3 is 2.58 bits per heavy atom. The average Bonchev–Trinajstić information content (AvgIpc) is 3.02. The van der Waals surface area contributed by atoms with Crippen LogP contribution < -0.4 is 9.46 Å².